The van der Waals surface area contributed by atoms with E-state index in [4.69, 9.17) is 9.47 Å². The summed E-state index contributed by atoms with van der Waals surface area (Å²) in [7, 11) is 3.67. The summed E-state index contributed by atoms with van der Waals surface area (Å²) in [5.41, 5.74) is 2.84. The van der Waals surface area contributed by atoms with Gasteiger partial charge in [0.2, 0.25) is 5.88 Å². The maximum atomic E-state index is 13.0. The number of methoxy groups -OCH3 is 1. The Morgan fingerprint density at radius 3 is 2.89 bits per heavy atom. The van der Waals surface area contributed by atoms with E-state index in [0.717, 1.165) is 17.8 Å². The Bertz CT molecular complexity index is 783. The normalized spacial score (nSPS) is 16.5. The number of ether oxygens (including phenoxy) is 2. The molecule has 2 aromatic rings. The minimum Gasteiger partial charge on any atom is -0.474 e. The summed E-state index contributed by atoms with van der Waals surface area (Å²) in [4.78, 5) is 21.3. The Balaban J connectivity index is 1.76. The maximum absolute atomic E-state index is 13.0. The Morgan fingerprint density at radius 1 is 1.26 bits per heavy atom. The molecule has 1 N–H and O–H groups in total. The van der Waals surface area contributed by atoms with Crippen LogP contribution in [-0.4, -0.2) is 55.9 Å². The lowest BCUT2D eigenvalue weighted by molar-refractivity contribution is 0.144. The number of carbonyl (C=O) groups is 1. The molecule has 7 heteroatoms. The number of rotatable bonds is 5. The van der Waals surface area contributed by atoms with Crippen molar-refractivity contribution in [2.24, 2.45) is 0 Å². The van der Waals surface area contributed by atoms with E-state index >= 15 is 0 Å². The number of likely N-dealkylation sites (N-methyl/N-ethyl adjacent to an activating group) is 1. The first-order valence-electron chi connectivity index (χ1n) is 9.03. The van der Waals surface area contributed by atoms with Gasteiger partial charge in [0.15, 0.2) is 0 Å². The summed E-state index contributed by atoms with van der Waals surface area (Å²) >= 11 is 0. The summed E-state index contributed by atoms with van der Waals surface area (Å²) in [5, 5.41) is 2.95. The lowest BCUT2D eigenvalue weighted by atomic mass is 10.1. The standard InChI is InChI=1S/C20H26N4O3/c1-15-13-23(2)18-9-5-4-7-16(18)14-24(15)20(25)22-17-8-6-10-21-19(17)27-12-11-26-3/h4-10,15H,11-14H2,1-3H3,(H,22,25)/t15-/m0/s1. The van der Waals surface area contributed by atoms with Gasteiger partial charge in [0.05, 0.1) is 6.61 Å². The third kappa shape index (κ3) is 4.49. The van der Waals surface area contributed by atoms with E-state index in [0.29, 0.717) is 31.3 Å². The molecule has 0 spiro atoms. The molecule has 3 rings (SSSR count). The number of benzene rings is 1. The first kappa shape index (κ1) is 19.0. The van der Waals surface area contributed by atoms with Crippen LogP contribution < -0.4 is 15.0 Å². The van der Waals surface area contributed by atoms with Gasteiger partial charge in [0.25, 0.3) is 0 Å². The smallest absolute Gasteiger partial charge is 0.322 e. The van der Waals surface area contributed by atoms with E-state index in [1.54, 1.807) is 25.4 Å². The average Bonchev–Trinajstić information content (AvgIpc) is 2.79. The maximum Gasteiger partial charge on any atom is 0.322 e. The SMILES string of the molecule is COCCOc1ncccc1NC(=O)N1Cc2ccccc2N(C)C[C@@H]1C. The molecule has 0 saturated carbocycles. The largest absolute Gasteiger partial charge is 0.474 e. The summed E-state index contributed by atoms with van der Waals surface area (Å²) in [6.45, 7) is 4.19. The number of aromatic nitrogens is 1. The number of urea groups is 1. The number of pyridine rings is 1. The number of carbonyl (C=O) groups excluding carboxylic acids is 1. The zero-order valence-corrected chi connectivity index (χ0v) is 16.0. The van der Waals surface area contributed by atoms with Crippen LogP contribution in [0.4, 0.5) is 16.2 Å². The van der Waals surface area contributed by atoms with Crippen molar-refractivity contribution in [2.45, 2.75) is 19.5 Å². The van der Waals surface area contributed by atoms with E-state index < -0.39 is 0 Å². The molecule has 7 nitrogen and oxygen atoms in total. The molecule has 0 fully saturated rings. The monoisotopic (exact) mass is 370 g/mol. The van der Waals surface area contributed by atoms with Crippen LogP contribution in [0.5, 0.6) is 5.88 Å². The predicted molar refractivity (Wildman–Crippen MR) is 105 cm³/mol. The van der Waals surface area contributed by atoms with E-state index in [1.165, 1.54) is 0 Å². The zero-order chi connectivity index (χ0) is 19.2. The molecule has 2 heterocycles. The second-order valence-electron chi connectivity index (χ2n) is 6.61. The third-order valence-electron chi connectivity index (χ3n) is 4.61. The van der Waals surface area contributed by atoms with Crippen LogP contribution in [0.3, 0.4) is 0 Å². The van der Waals surface area contributed by atoms with Gasteiger partial charge >= 0.3 is 6.03 Å². The van der Waals surface area contributed by atoms with Crippen molar-refractivity contribution < 1.29 is 14.3 Å². The van der Waals surface area contributed by atoms with Crippen molar-refractivity contribution >= 4 is 17.4 Å². The van der Waals surface area contributed by atoms with Gasteiger partial charge in [-0.15, -0.1) is 0 Å². The fourth-order valence-electron chi connectivity index (χ4n) is 3.23. The number of hydrogen-bond acceptors (Lipinski definition) is 5. The van der Waals surface area contributed by atoms with Crippen LogP contribution in [0, 0.1) is 0 Å². The van der Waals surface area contributed by atoms with Crippen molar-refractivity contribution in [3.8, 4) is 5.88 Å². The van der Waals surface area contributed by atoms with Gasteiger partial charge in [-0.25, -0.2) is 9.78 Å². The fraction of sp³-hybridized carbons (Fsp3) is 0.400. The van der Waals surface area contributed by atoms with Crippen molar-refractivity contribution in [3.05, 3.63) is 48.2 Å². The molecule has 1 atom stereocenters. The zero-order valence-electron chi connectivity index (χ0n) is 16.0. The number of anilines is 2. The summed E-state index contributed by atoms with van der Waals surface area (Å²) in [6.07, 6.45) is 1.64. The van der Waals surface area contributed by atoms with Gasteiger partial charge in [-0.05, 0) is 30.7 Å². The lowest BCUT2D eigenvalue weighted by Gasteiger charge is -2.28. The molecule has 1 aliphatic rings. The second-order valence-corrected chi connectivity index (χ2v) is 6.61. The average molecular weight is 370 g/mol. The van der Waals surface area contributed by atoms with Gasteiger partial charge in [-0.1, -0.05) is 18.2 Å². The first-order valence-corrected chi connectivity index (χ1v) is 9.03. The Kier molecular flexibility index (Phi) is 6.13. The summed E-state index contributed by atoms with van der Waals surface area (Å²) < 4.78 is 10.6. The molecular formula is C20H26N4O3. The summed E-state index contributed by atoms with van der Waals surface area (Å²) in [6, 6.07) is 11.6. The van der Waals surface area contributed by atoms with Gasteiger partial charge in [0, 0.05) is 45.2 Å². The van der Waals surface area contributed by atoms with Gasteiger partial charge in [0.1, 0.15) is 12.3 Å². The lowest BCUT2D eigenvalue weighted by Crippen LogP contribution is -2.44. The van der Waals surface area contributed by atoms with E-state index in [1.807, 2.05) is 17.0 Å². The van der Waals surface area contributed by atoms with Crippen LogP contribution in [0.15, 0.2) is 42.6 Å². The van der Waals surface area contributed by atoms with Crippen LogP contribution in [0.1, 0.15) is 12.5 Å². The molecule has 1 aromatic carbocycles. The molecule has 144 valence electrons. The fourth-order valence-corrected chi connectivity index (χ4v) is 3.23. The van der Waals surface area contributed by atoms with Crippen LogP contribution in [0.25, 0.3) is 0 Å². The minimum absolute atomic E-state index is 0.0527. The molecule has 27 heavy (non-hydrogen) atoms. The molecule has 0 saturated heterocycles. The summed E-state index contributed by atoms with van der Waals surface area (Å²) in [5.74, 6) is 0.392. The first-order chi connectivity index (χ1) is 13.1. The van der Waals surface area contributed by atoms with Gasteiger partial charge in [-0.3, -0.25) is 0 Å². The van der Waals surface area contributed by atoms with E-state index in [9.17, 15) is 4.79 Å². The molecule has 0 aliphatic carbocycles. The number of amides is 2. The molecular weight excluding hydrogens is 344 g/mol. The van der Waals surface area contributed by atoms with Crippen molar-refractivity contribution in [2.75, 3.05) is 44.1 Å². The van der Waals surface area contributed by atoms with Crippen LogP contribution in [0.2, 0.25) is 0 Å². The van der Waals surface area contributed by atoms with E-state index in [2.05, 4.69) is 41.3 Å². The van der Waals surface area contributed by atoms with Gasteiger partial charge < -0.3 is 24.6 Å². The Morgan fingerprint density at radius 2 is 2.07 bits per heavy atom. The number of para-hydroxylation sites is 1. The Labute approximate surface area is 159 Å². The quantitative estimate of drug-likeness (QED) is 0.820. The van der Waals surface area contributed by atoms with Crippen molar-refractivity contribution in [1.29, 1.82) is 0 Å². The van der Waals surface area contributed by atoms with Crippen molar-refractivity contribution in [1.82, 2.24) is 9.88 Å². The molecule has 0 radical (unpaired) electrons. The number of nitrogens with zero attached hydrogens (tertiary/aromatic N) is 3. The molecule has 0 bridgehead atoms. The highest BCUT2D eigenvalue weighted by atomic mass is 16.5. The van der Waals surface area contributed by atoms with Crippen LogP contribution in [-0.2, 0) is 11.3 Å². The number of fused-ring (bicyclic) bond motifs is 1. The van der Waals surface area contributed by atoms with E-state index in [-0.39, 0.29) is 12.1 Å². The minimum atomic E-state index is -0.169. The highest BCUT2D eigenvalue weighted by Gasteiger charge is 2.27. The molecule has 0 unspecified atom stereocenters. The molecule has 1 aliphatic heterocycles. The predicted octanol–water partition coefficient (Wildman–Crippen LogP) is 2.98. The number of hydrogen-bond donors (Lipinski definition) is 1. The number of nitrogens with one attached hydrogen (secondary N) is 1. The van der Waals surface area contributed by atoms with Gasteiger partial charge in [-0.2, -0.15) is 0 Å². The van der Waals surface area contributed by atoms with Crippen LogP contribution >= 0.6 is 0 Å². The van der Waals surface area contributed by atoms with Crippen molar-refractivity contribution in [3.63, 3.8) is 0 Å². The topological polar surface area (TPSA) is 66.9 Å². The molecule has 1 aromatic heterocycles. The highest BCUT2D eigenvalue weighted by Crippen LogP contribution is 2.27. The third-order valence-corrected chi connectivity index (χ3v) is 4.61. The molecule has 2 amide bonds. The highest BCUT2D eigenvalue weighted by molar-refractivity contribution is 5.91. The Hall–Kier alpha value is -2.80. The second kappa shape index (κ2) is 8.73.